The summed E-state index contributed by atoms with van der Waals surface area (Å²) in [4.78, 5) is 33.8. The summed E-state index contributed by atoms with van der Waals surface area (Å²) in [6.07, 6.45) is 1.77. The Labute approximate surface area is 182 Å². The minimum absolute atomic E-state index is 0.0754. The molecule has 1 fully saturated rings. The first-order valence-corrected chi connectivity index (χ1v) is 10.6. The molecule has 0 radical (unpaired) electrons. The maximum absolute atomic E-state index is 13.2. The number of hydrogen-bond acceptors (Lipinski definition) is 4. The van der Waals surface area contributed by atoms with E-state index in [1.54, 1.807) is 23.0 Å². The van der Waals surface area contributed by atoms with Gasteiger partial charge in [-0.15, -0.1) is 0 Å². The molecular weight excluding hydrogens is 392 g/mol. The zero-order chi connectivity index (χ0) is 22.0. The van der Waals surface area contributed by atoms with Crippen molar-refractivity contribution in [3.8, 4) is 0 Å². The predicted octanol–water partition coefficient (Wildman–Crippen LogP) is 2.42. The number of rotatable bonds is 5. The van der Waals surface area contributed by atoms with Gasteiger partial charge < -0.3 is 19.1 Å². The largest absolute Gasteiger partial charge is 0.365 e. The highest BCUT2D eigenvalue weighted by atomic mass is 16.5. The summed E-state index contributed by atoms with van der Waals surface area (Å²) >= 11 is 0. The Balaban J connectivity index is 1.42. The van der Waals surface area contributed by atoms with E-state index in [4.69, 9.17) is 4.74 Å². The van der Waals surface area contributed by atoms with E-state index < -0.39 is 6.10 Å². The lowest BCUT2D eigenvalue weighted by molar-refractivity contribution is -0.146. The number of pyridine rings is 1. The zero-order valence-corrected chi connectivity index (χ0v) is 18.2. The number of hydrogen-bond donors (Lipinski definition) is 0. The molecule has 1 aromatic carbocycles. The Morgan fingerprint density at radius 1 is 1.23 bits per heavy atom. The number of aromatic nitrogens is 2. The van der Waals surface area contributed by atoms with Crippen molar-refractivity contribution < 1.29 is 14.3 Å². The lowest BCUT2D eigenvalue weighted by atomic mass is 10.2. The predicted molar refractivity (Wildman–Crippen MR) is 119 cm³/mol. The molecule has 2 amide bonds. The van der Waals surface area contributed by atoms with E-state index in [9.17, 15) is 9.59 Å². The van der Waals surface area contributed by atoms with E-state index in [-0.39, 0.29) is 18.4 Å². The van der Waals surface area contributed by atoms with Crippen LogP contribution >= 0.6 is 0 Å². The summed E-state index contributed by atoms with van der Waals surface area (Å²) in [5.41, 5.74) is 3.73. The number of carbonyl (C=O) groups excluding carboxylic acids is 2. The van der Waals surface area contributed by atoms with Gasteiger partial charge in [-0.05, 0) is 37.3 Å². The average Bonchev–Trinajstić information content (AvgIpc) is 3.12. The Morgan fingerprint density at radius 2 is 2.06 bits per heavy atom. The van der Waals surface area contributed by atoms with Gasteiger partial charge in [0.1, 0.15) is 5.69 Å². The summed E-state index contributed by atoms with van der Waals surface area (Å²) in [6, 6.07) is 13.8. The Morgan fingerprint density at radius 3 is 2.84 bits per heavy atom. The van der Waals surface area contributed by atoms with Crippen LogP contribution in [0.15, 0.2) is 48.7 Å². The van der Waals surface area contributed by atoms with Crippen molar-refractivity contribution in [2.24, 2.45) is 7.05 Å². The van der Waals surface area contributed by atoms with Crippen molar-refractivity contribution in [2.45, 2.75) is 19.4 Å². The van der Waals surface area contributed by atoms with E-state index >= 15 is 0 Å². The average molecular weight is 421 g/mol. The molecule has 1 aliphatic rings. The molecule has 3 heterocycles. The number of ether oxygens (including phenoxy) is 1. The van der Waals surface area contributed by atoms with Gasteiger partial charge in [-0.25, -0.2) is 0 Å². The third kappa shape index (κ3) is 4.46. The van der Waals surface area contributed by atoms with Crippen molar-refractivity contribution in [3.63, 3.8) is 0 Å². The van der Waals surface area contributed by atoms with Gasteiger partial charge in [-0.3, -0.25) is 14.6 Å². The van der Waals surface area contributed by atoms with Gasteiger partial charge in [0.15, 0.2) is 6.10 Å². The van der Waals surface area contributed by atoms with Crippen molar-refractivity contribution in [1.82, 2.24) is 19.4 Å². The topological polar surface area (TPSA) is 67.7 Å². The second-order valence-electron chi connectivity index (χ2n) is 8.09. The summed E-state index contributed by atoms with van der Waals surface area (Å²) in [7, 11) is 3.67. The van der Waals surface area contributed by atoms with Gasteiger partial charge in [-0.2, -0.15) is 0 Å². The zero-order valence-electron chi connectivity index (χ0n) is 18.2. The Hall–Kier alpha value is -3.19. The molecule has 0 aliphatic carbocycles. The molecule has 1 aliphatic heterocycles. The summed E-state index contributed by atoms with van der Waals surface area (Å²) in [5, 5.41) is 1.04. The molecule has 0 N–H and O–H groups in total. The highest BCUT2D eigenvalue weighted by Gasteiger charge is 2.32. The monoisotopic (exact) mass is 420 g/mol. The van der Waals surface area contributed by atoms with Crippen molar-refractivity contribution in [1.29, 1.82) is 0 Å². The Kier molecular flexibility index (Phi) is 6.04. The third-order valence-corrected chi connectivity index (χ3v) is 5.85. The van der Waals surface area contributed by atoms with E-state index in [2.05, 4.69) is 11.1 Å². The fourth-order valence-electron chi connectivity index (χ4n) is 4.00. The number of aryl methyl sites for hydroxylation is 2. The van der Waals surface area contributed by atoms with Crippen LogP contribution < -0.4 is 0 Å². The first-order chi connectivity index (χ1) is 14.9. The van der Waals surface area contributed by atoms with Gasteiger partial charge in [0, 0.05) is 56.4 Å². The van der Waals surface area contributed by atoms with Gasteiger partial charge in [0.05, 0.1) is 13.2 Å². The molecule has 2 aromatic heterocycles. The van der Waals surface area contributed by atoms with Gasteiger partial charge >= 0.3 is 0 Å². The molecule has 0 unspecified atom stereocenters. The van der Waals surface area contributed by atoms with Gasteiger partial charge in [0.25, 0.3) is 11.8 Å². The molecule has 31 heavy (non-hydrogen) atoms. The minimum atomic E-state index is -0.650. The quantitative estimate of drug-likeness (QED) is 0.636. The molecule has 1 saturated heterocycles. The van der Waals surface area contributed by atoms with Crippen LogP contribution in [0.25, 0.3) is 10.9 Å². The number of morpholine rings is 1. The minimum Gasteiger partial charge on any atom is -0.365 e. The van der Waals surface area contributed by atoms with Gasteiger partial charge in [-0.1, -0.05) is 17.7 Å². The molecule has 7 nitrogen and oxygen atoms in total. The normalized spacial score (nSPS) is 16.5. The van der Waals surface area contributed by atoms with Crippen molar-refractivity contribution in [2.75, 3.05) is 33.3 Å². The number of fused-ring (bicyclic) bond motifs is 1. The molecule has 7 heteroatoms. The number of amides is 2. The SMILES string of the molecule is Cc1ccc2c(c1)cc(C(=O)N1CCO[C@@H](C(=O)N(C)CCc3ccccn3)C1)n2C. The maximum Gasteiger partial charge on any atom is 0.270 e. The van der Waals surface area contributed by atoms with E-state index in [1.165, 1.54) is 0 Å². The number of carbonyl (C=O) groups is 2. The van der Waals surface area contributed by atoms with Crippen LogP contribution in [0.3, 0.4) is 0 Å². The molecule has 0 bridgehead atoms. The van der Waals surface area contributed by atoms with Crippen molar-refractivity contribution >= 4 is 22.7 Å². The molecule has 0 saturated carbocycles. The lowest BCUT2D eigenvalue weighted by Crippen LogP contribution is -2.52. The van der Waals surface area contributed by atoms with Gasteiger partial charge in [0.2, 0.25) is 0 Å². The highest BCUT2D eigenvalue weighted by Crippen LogP contribution is 2.22. The smallest absolute Gasteiger partial charge is 0.270 e. The second-order valence-corrected chi connectivity index (χ2v) is 8.09. The summed E-state index contributed by atoms with van der Waals surface area (Å²) in [6.45, 7) is 3.66. The third-order valence-electron chi connectivity index (χ3n) is 5.85. The lowest BCUT2D eigenvalue weighted by Gasteiger charge is -2.34. The molecular formula is C24H28N4O3. The number of benzene rings is 1. The second kappa shape index (κ2) is 8.89. The van der Waals surface area contributed by atoms with E-state index in [0.29, 0.717) is 31.8 Å². The first-order valence-electron chi connectivity index (χ1n) is 10.6. The summed E-state index contributed by atoms with van der Waals surface area (Å²) in [5.74, 6) is -0.185. The molecule has 1 atom stereocenters. The number of nitrogens with zero attached hydrogens (tertiary/aromatic N) is 4. The van der Waals surface area contributed by atoms with Crippen LogP contribution in [0.5, 0.6) is 0 Å². The molecule has 4 rings (SSSR count). The van der Waals surface area contributed by atoms with Crippen molar-refractivity contribution in [3.05, 3.63) is 65.6 Å². The first kappa shape index (κ1) is 21.1. The highest BCUT2D eigenvalue weighted by molar-refractivity contribution is 5.99. The van der Waals surface area contributed by atoms with E-state index in [0.717, 1.165) is 22.2 Å². The van der Waals surface area contributed by atoms with Crippen LogP contribution in [0.4, 0.5) is 0 Å². The molecule has 0 spiro atoms. The standard InChI is InChI=1S/C24H28N4O3/c1-17-7-8-20-18(14-17)15-21(27(20)3)23(29)28-12-13-31-22(16-28)24(30)26(2)11-9-19-6-4-5-10-25-19/h4-8,10,14-15,22H,9,11-13,16H2,1-3H3/t22-/m1/s1. The van der Waals surface area contributed by atoms with Crippen LogP contribution in [-0.2, 0) is 23.0 Å². The fraction of sp³-hybridized carbons (Fsp3) is 0.375. The Bertz CT molecular complexity index is 1090. The molecule has 162 valence electrons. The maximum atomic E-state index is 13.2. The summed E-state index contributed by atoms with van der Waals surface area (Å²) < 4.78 is 7.65. The number of likely N-dealkylation sites (N-methyl/N-ethyl adjacent to an activating group) is 1. The van der Waals surface area contributed by atoms with Crippen LogP contribution in [0.1, 0.15) is 21.7 Å². The van der Waals surface area contributed by atoms with Crippen LogP contribution in [0, 0.1) is 6.92 Å². The van der Waals surface area contributed by atoms with Crippen LogP contribution in [0.2, 0.25) is 0 Å². The fourth-order valence-corrected chi connectivity index (χ4v) is 4.00. The molecule has 3 aromatic rings. The van der Waals surface area contributed by atoms with Crippen LogP contribution in [-0.4, -0.2) is 70.6 Å². The van der Waals surface area contributed by atoms with E-state index in [1.807, 2.05) is 54.9 Å².